The summed E-state index contributed by atoms with van der Waals surface area (Å²) >= 11 is 7.77. The van der Waals surface area contributed by atoms with E-state index in [0.717, 1.165) is 30.0 Å². The van der Waals surface area contributed by atoms with Crippen LogP contribution < -0.4 is 15.5 Å². The fraction of sp³-hybridized carbons (Fsp3) is 0.423. The third kappa shape index (κ3) is 5.70. The average Bonchev–Trinajstić information content (AvgIpc) is 3.46. The molecule has 7 nitrogen and oxygen atoms in total. The lowest BCUT2D eigenvalue weighted by Crippen LogP contribution is -2.43. The maximum absolute atomic E-state index is 13.2. The first kappa shape index (κ1) is 25.3. The van der Waals surface area contributed by atoms with Gasteiger partial charge < -0.3 is 15.5 Å². The highest BCUT2D eigenvalue weighted by Crippen LogP contribution is 2.35. The van der Waals surface area contributed by atoms with E-state index in [1.807, 2.05) is 47.3 Å². The highest BCUT2D eigenvalue weighted by molar-refractivity contribution is 7.10. The Morgan fingerprint density at radius 2 is 1.83 bits per heavy atom. The fourth-order valence-corrected chi connectivity index (χ4v) is 5.63. The Balaban J connectivity index is 1.53. The number of benzene rings is 1. The van der Waals surface area contributed by atoms with E-state index >= 15 is 0 Å². The van der Waals surface area contributed by atoms with Gasteiger partial charge in [-0.25, -0.2) is 4.68 Å². The molecule has 0 aliphatic carbocycles. The van der Waals surface area contributed by atoms with Gasteiger partial charge in [-0.1, -0.05) is 31.5 Å². The van der Waals surface area contributed by atoms with Crippen LogP contribution in [0.1, 0.15) is 50.2 Å². The number of halogens is 1. The summed E-state index contributed by atoms with van der Waals surface area (Å²) in [5.74, 6) is 1.06. The lowest BCUT2D eigenvalue weighted by atomic mass is 9.94. The number of aryl methyl sites for hydroxylation is 1. The minimum atomic E-state index is -0.146. The third-order valence-corrected chi connectivity index (χ3v) is 7.60. The molecule has 0 bridgehead atoms. The second-order valence-corrected chi connectivity index (χ2v) is 10.8. The number of nitrogens with zero attached hydrogens (tertiary/aromatic N) is 3. The first-order valence-corrected chi connectivity index (χ1v) is 13.2. The Morgan fingerprint density at radius 1 is 1.14 bits per heavy atom. The normalized spacial score (nSPS) is 15.3. The molecule has 3 aromatic rings. The third-order valence-electron chi connectivity index (χ3n) is 6.39. The first-order valence-electron chi connectivity index (χ1n) is 12.0. The summed E-state index contributed by atoms with van der Waals surface area (Å²) in [5, 5.41) is 13.7. The van der Waals surface area contributed by atoms with Crippen molar-refractivity contribution in [3.05, 3.63) is 57.4 Å². The molecule has 2 amide bonds. The molecule has 2 N–H and O–H groups in total. The predicted molar refractivity (Wildman–Crippen MR) is 143 cm³/mol. The smallest absolute Gasteiger partial charge is 0.223 e. The molecule has 1 aromatic carbocycles. The van der Waals surface area contributed by atoms with Crippen molar-refractivity contribution in [1.29, 1.82) is 0 Å². The van der Waals surface area contributed by atoms with Crippen molar-refractivity contribution < 1.29 is 9.59 Å². The maximum atomic E-state index is 13.2. The molecule has 1 atom stereocenters. The van der Waals surface area contributed by atoms with Gasteiger partial charge in [0.25, 0.3) is 0 Å². The standard InChI is InChI=1S/C26H32ClN5O2S/c1-16(2)23(22-6-5-15-35-22)29-25(34)19-11-13-31(14-12-19)26-24(28-18(4)33)17(3)30-32(26)21-9-7-20(27)8-10-21/h5-10,15-16,19,23H,11-14H2,1-4H3,(H,28,33)(H,29,34). The van der Waals surface area contributed by atoms with Gasteiger partial charge in [0, 0.05) is 35.8 Å². The molecule has 0 spiro atoms. The van der Waals surface area contributed by atoms with E-state index in [2.05, 4.69) is 35.4 Å². The molecule has 35 heavy (non-hydrogen) atoms. The van der Waals surface area contributed by atoms with Crippen LogP contribution in [-0.4, -0.2) is 34.7 Å². The minimum absolute atomic E-state index is 0.0286. The summed E-state index contributed by atoms with van der Waals surface area (Å²) < 4.78 is 1.85. The molecule has 2 aromatic heterocycles. The van der Waals surface area contributed by atoms with Crippen LogP contribution in [0.15, 0.2) is 41.8 Å². The fourth-order valence-electron chi connectivity index (χ4n) is 4.55. The van der Waals surface area contributed by atoms with Crippen LogP contribution in [0.25, 0.3) is 5.69 Å². The molecule has 0 saturated carbocycles. The Morgan fingerprint density at radius 3 is 2.40 bits per heavy atom. The second kappa shape index (κ2) is 10.8. The quantitative estimate of drug-likeness (QED) is 0.432. The van der Waals surface area contributed by atoms with Gasteiger partial charge in [-0.3, -0.25) is 9.59 Å². The van der Waals surface area contributed by atoms with Gasteiger partial charge in [-0.15, -0.1) is 11.3 Å². The summed E-state index contributed by atoms with van der Waals surface area (Å²) in [7, 11) is 0. The lowest BCUT2D eigenvalue weighted by Gasteiger charge is -2.34. The van der Waals surface area contributed by atoms with Gasteiger partial charge in [0.05, 0.1) is 17.4 Å². The van der Waals surface area contributed by atoms with Gasteiger partial charge in [0.15, 0.2) is 5.82 Å². The highest BCUT2D eigenvalue weighted by Gasteiger charge is 2.31. The largest absolute Gasteiger partial charge is 0.355 e. The van der Waals surface area contributed by atoms with Crippen LogP contribution in [0.2, 0.25) is 5.02 Å². The van der Waals surface area contributed by atoms with Crippen LogP contribution in [0.5, 0.6) is 0 Å². The van der Waals surface area contributed by atoms with Crippen LogP contribution in [0, 0.1) is 18.8 Å². The number of carbonyl (C=O) groups is 2. The van der Waals surface area contributed by atoms with Crippen molar-refractivity contribution in [2.45, 2.75) is 46.6 Å². The van der Waals surface area contributed by atoms with Gasteiger partial charge >= 0.3 is 0 Å². The predicted octanol–water partition coefficient (Wildman–Crippen LogP) is 5.58. The number of aromatic nitrogens is 2. The van der Waals surface area contributed by atoms with Gasteiger partial charge in [0.1, 0.15) is 5.69 Å². The van der Waals surface area contributed by atoms with E-state index in [4.69, 9.17) is 16.7 Å². The minimum Gasteiger partial charge on any atom is -0.355 e. The van der Waals surface area contributed by atoms with Crippen molar-refractivity contribution >= 4 is 46.3 Å². The molecule has 0 radical (unpaired) electrons. The van der Waals surface area contributed by atoms with E-state index in [1.54, 1.807) is 11.3 Å². The van der Waals surface area contributed by atoms with Crippen molar-refractivity contribution in [3.8, 4) is 5.69 Å². The molecular weight excluding hydrogens is 482 g/mol. The van der Waals surface area contributed by atoms with E-state index < -0.39 is 0 Å². The Labute approximate surface area is 215 Å². The SMILES string of the molecule is CC(=O)Nc1c(C)nn(-c2ccc(Cl)cc2)c1N1CCC(C(=O)NC(c2cccs2)C(C)C)CC1. The van der Waals surface area contributed by atoms with E-state index in [9.17, 15) is 9.59 Å². The average molecular weight is 514 g/mol. The summed E-state index contributed by atoms with van der Waals surface area (Å²) in [6.07, 6.45) is 1.46. The summed E-state index contributed by atoms with van der Waals surface area (Å²) in [5.41, 5.74) is 2.30. The molecule has 1 fully saturated rings. The number of nitrogens with one attached hydrogen (secondary N) is 2. The summed E-state index contributed by atoms with van der Waals surface area (Å²) in [4.78, 5) is 28.5. The molecule has 1 saturated heterocycles. The molecule has 1 aliphatic heterocycles. The number of rotatable bonds is 7. The Hall–Kier alpha value is -2.84. The summed E-state index contributed by atoms with van der Waals surface area (Å²) in [6, 6.07) is 11.6. The molecule has 4 rings (SSSR count). The van der Waals surface area contributed by atoms with Crippen LogP contribution >= 0.6 is 22.9 Å². The van der Waals surface area contributed by atoms with Gasteiger partial charge in [-0.05, 0) is 61.4 Å². The molecule has 1 aliphatic rings. The lowest BCUT2D eigenvalue weighted by molar-refractivity contribution is -0.126. The zero-order chi connectivity index (χ0) is 25.1. The summed E-state index contributed by atoms with van der Waals surface area (Å²) in [6.45, 7) is 9.04. The second-order valence-electron chi connectivity index (χ2n) is 9.36. The Kier molecular flexibility index (Phi) is 7.82. The molecule has 3 heterocycles. The molecular formula is C26H32ClN5O2S. The zero-order valence-electron chi connectivity index (χ0n) is 20.5. The topological polar surface area (TPSA) is 79.3 Å². The number of piperidine rings is 1. The van der Waals surface area contributed by atoms with Crippen molar-refractivity contribution in [2.75, 3.05) is 23.3 Å². The number of thiophene rings is 1. The van der Waals surface area contributed by atoms with E-state index in [-0.39, 0.29) is 23.8 Å². The Bertz CT molecular complexity index is 1170. The van der Waals surface area contributed by atoms with Crippen LogP contribution in [0.3, 0.4) is 0 Å². The van der Waals surface area contributed by atoms with Gasteiger partial charge in [0.2, 0.25) is 11.8 Å². The van der Waals surface area contributed by atoms with Crippen molar-refractivity contribution in [2.24, 2.45) is 11.8 Å². The number of anilines is 2. The van der Waals surface area contributed by atoms with Crippen molar-refractivity contribution in [3.63, 3.8) is 0 Å². The number of amides is 2. The maximum Gasteiger partial charge on any atom is 0.223 e. The number of carbonyl (C=O) groups excluding carboxylic acids is 2. The monoisotopic (exact) mass is 513 g/mol. The van der Waals surface area contributed by atoms with Crippen LogP contribution in [-0.2, 0) is 9.59 Å². The van der Waals surface area contributed by atoms with Crippen LogP contribution in [0.4, 0.5) is 11.5 Å². The first-order chi connectivity index (χ1) is 16.7. The molecule has 186 valence electrons. The zero-order valence-corrected chi connectivity index (χ0v) is 22.1. The highest BCUT2D eigenvalue weighted by atomic mass is 35.5. The number of hydrogen-bond donors (Lipinski definition) is 2. The van der Waals surface area contributed by atoms with E-state index in [0.29, 0.717) is 29.7 Å². The molecule has 9 heteroatoms. The van der Waals surface area contributed by atoms with E-state index in [1.165, 1.54) is 11.8 Å². The number of hydrogen-bond acceptors (Lipinski definition) is 5. The molecule has 1 unspecified atom stereocenters. The van der Waals surface area contributed by atoms with Gasteiger partial charge in [-0.2, -0.15) is 5.10 Å². The van der Waals surface area contributed by atoms with Crippen molar-refractivity contribution in [1.82, 2.24) is 15.1 Å².